The minimum atomic E-state index is 0.196. The van der Waals surface area contributed by atoms with E-state index in [2.05, 4.69) is 58.1 Å². The molecule has 22 heavy (non-hydrogen) atoms. The summed E-state index contributed by atoms with van der Waals surface area (Å²) in [6, 6.07) is 8.84. The molecule has 5 nitrogen and oxygen atoms in total. The van der Waals surface area contributed by atoms with Crippen LogP contribution in [0.1, 0.15) is 35.8 Å². The molecule has 0 radical (unpaired) electrons. The van der Waals surface area contributed by atoms with Gasteiger partial charge >= 0.3 is 0 Å². The van der Waals surface area contributed by atoms with E-state index in [9.17, 15) is 0 Å². The monoisotopic (exact) mass is 300 g/mol. The maximum absolute atomic E-state index is 5.30. The highest BCUT2D eigenvalue weighted by molar-refractivity contribution is 5.25. The summed E-state index contributed by atoms with van der Waals surface area (Å²) in [5.41, 5.74) is 2.80. The summed E-state index contributed by atoms with van der Waals surface area (Å²) in [7, 11) is 0. The largest absolute Gasteiger partial charge is 0.338 e. The van der Waals surface area contributed by atoms with E-state index in [0.717, 1.165) is 38.6 Å². The number of hydrogen-bond donors (Lipinski definition) is 0. The first-order valence-corrected chi connectivity index (χ1v) is 7.94. The first kappa shape index (κ1) is 15.2. The molecule has 1 aliphatic heterocycles. The van der Waals surface area contributed by atoms with Crippen molar-refractivity contribution in [1.82, 2.24) is 19.9 Å². The van der Waals surface area contributed by atoms with Crippen LogP contribution in [0.2, 0.25) is 0 Å². The van der Waals surface area contributed by atoms with Crippen molar-refractivity contribution in [2.24, 2.45) is 0 Å². The molecule has 118 valence electrons. The van der Waals surface area contributed by atoms with Crippen LogP contribution in [0, 0.1) is 13.8 Å². The molecule has 2 aromatic rings. The van der Waals surface area contributed by atoms with Crippen LogP contribution in [0.4, 0.5) is 0 Å². The second-order valence-electron chi connectivity index (χ2n) is 6.09. The molecule has 0 amide bonds. The standard InChI is InChI=1S/C17H24N4O/c1-13-6-4-5-7-16(13)12-20-8-10-21(11-9-20)14(2)17-18-15(3)19-22-17/h4-7,14H,8-12H2,1-3H3. The quantitative estimate of drug-likeness (QED) is 0.868. The van der Waals surface area contributed by atoms with Crippen LogP contribution in [0.15, 0.2) is 28.8 Å². The third kappa shape index (κ3) is 3.36. The molecule has 2 heterocycles. The summed E-state index contributed by atoms with van der Waals surface area (Å²) in [6.45, 7) is 11.4. The second-order valence-corrected chi connectivity index (χ2v) is 6.09. The minimum Gasteiger partial charge on any atom is -0.338 e. The smallest absolute Gasteiger partial charge is 0.243 e. The molecule has 1 saturated heterocycles. The van der Waals surface area contributed by atoms with Crippen molar-refractivity contribution in [3.63, 3.8) is 0 Å². The first-order chi connectivity index (χ1) is 10.6. The zero-order chi connectivity index (χ0) is 15.5. The van der Waals surface area contributed by atoms with Gasteiger partial charge in [-0.25, -0.2) is 0 Å². The van der Waals surface area contributed by atoms with Gasteiger partial charge in [-0.3, -0.25) is 9.80 Å². The van der Waals surface area contributed by atoms with Gasteiger partial charge in [-0.05, 0) is 31.9 Å². The Balaban J connectivity index is 1.55. The molecule has 1 fully saturated rings. The fraction of sp³-hybridized carbons (Fsp3) is 0.529. The number of aromatic nitrogens is 2. The summed E-state index contributed by atoms with van der Waals surface area (Å²) >= 11 is 0. The van der Waals surface area contributed by atoms with E-state index in [1.165, 1.54) is 11.1 Å². The van der Waals surface area contributed by atoms with Crippen LogP contribution in [-0.2, 0) is 6.54 Å². The van der Waals surface area contributed by atoms with Gasteiger partial charge in [0.25, 0.3) is 0 Å². The fourth-order valence-corrected chi connectivity index (χ4v) is 2.98. The zero-order valence-corrected chi connectivity index (χ0v) is 13.6. The van der Waals surface area contributed by atoms with Crippen molar-refractivity contribution < 1.29 is 4.52 Å². The molecule has 0 spiro atoms. The SMILES string of the molecule is Cc1noc(C(C)N2CCN(Cc3ccccc3C)CC2)n1. The Hall–Kier alpha value is -1.72. The minimum absolute atomic E-state index is 0.196. The van der Waals surface area contributed by atoms with E-state index >= 15 is 0 Å². The number of rotatable bonds is 4. The van der Waals surface area contributed by atoms with Crippen molar-refractivity contribution in [1.29, 1.82) is 0 Å². The van der Waals surface area contributed by atoms with Crippen LogP contribution in [-0.4, -0.2) is 46.1 Å². The molecular weight excluding hydrogens is 276 g/mol. The van der Waals surface area contributed by atoms with Crippen LogP contribution in [0.5, 0.6) is 0 Å². The van der Waals surface area contributed by atoms with Gasteiger partial charge in [0.1, 0.15) is 0 Å². The lowest BCUT2D eigenvalue weighted by molar-refractivity contribution is 0.0844. The van der Waals surface area contributed by atoms with Gasteiger partial charge in [0, 0.05) is 32.7 Å². The maximum atomic E-state index is 5.30. The zero-order valence-electron chi connectivity index (χ0n) is 13.6. The molecule has 1 aromatic heterocycles. The number of piperazine rings is 1. The molecule has 1 aliphatic rings. The Labute approximate surface area is 131 Å². The molecule has 0 bridgehead atoms. The summed E-state index contributed by atoms with van der Waals surface area (Å²) in [5.74, 6) is 1.44. The number of benzene rings is 1. The molecule has 1 aromatic carbocycles. The average molecular weight is 300 g/mol. The van der Waals surface area contributed by atoms with E-state index in [0.29, 0.717) is 5.82 Å². The van der Waals surface area contributed by atoms with E-state index in [1.807, 2.05) is 6.92 Å². The highest BCUT2D eigenvalue weighted by Crippen LogP contribution is 2.21. The van der Waals surface area contributed by atoms with Crippen molar-refractivity contribution >= 4 is 0 Å². The summed E-state index contributed by atoms with van der Waals surface area (Å²) in [5, 5.41) is 3.89. The maximum Gasteiger partial charge on any atom is 0.243 e. The van der Waals surface area contributed by atoms with Gasteiger partial charge in [0.05, 0.1) is 6.04 Å². The van der Waals surface area contributed by atoms with E-state index < -0.39 is 0 Å². The van der Waals surface area contributed by atoms with Crippen LogP contribution in [0.25, 0.3) is 0 Å². The lowest BCUT2D eigenvalue weighted by Gasteiger charge is -2.37. The normalized spacial score (nSPS) is 18.5. The van der Waals surface area contributed by atoms with E-state index in [4.69, 9.17) is 4.52 Å². The molecule has 0 saturated carbocycles. The number of aryl methyl sites for hydroxylation is 2. The third-order valence-corrected chi connectivity index (χ3v) is 4.51. The molecule has 3 rings (SSSR count). The summed E-state index contributed by atoms with van der Waals surface area (Å²) < 4.78 is 5.30. The van der Waals surface area contributed by atoms with Crippen LogP contribution >= 0.6 is 0 Å². The predicted molar refractivity (Wildman–Crippen MR) is 85.5 cm³/mol. The van der Waals surface area contributed by atoms with Gasteiger partial charge in [-0.2, -0.15) is 4.98 Å². The lowest BCUT2D eigenvalue weighted by Crippen LogP contribution is -2.46. The van der Waals surface area contributed by atoms with E-state index in [1.54, 1.807) is 0 Å². The van der Waals surface area contributed by atoms with Gasteiger partial charge in [0.15, 0.2) is 5.82 Å². The fourth-order valence-electron chi connectivity index (χ4n) is 2.98. The lowest BCUT2D eigenvalue weighted by atomic mass is 10.1. The van der Waals surface area contributed by atoms with Crippen molar-refractivity contribution in [3.8, 4) is 0 Å². The van der Waals surface area contributed by atoms with Gasteiger partial charge in [-0.1, -0.05) is 29.4 Å². The number of hydrogen-bond acceptors (Lipinski definition) is 5. The van der Waals surface area contributed by atoms with Crippen molar-refractivity contribution in [3.05, 3.63) is 47.1 Å². The topological polar surface area (TPSA) is 45.4 Å². The molecule has 0 aliphatic carbocycles. The highest BCUT2D eigenvalue weighted by Gasteiger charge is 2.25. The number of nitrogens with zero attached hydrogens (tertiary/aromatic N) is 4. The van der Waals surface area contributed by atoms with E-state index in [-0.39, 0.29) is 6.04 Å². The Kier molecular flexibility index (Phi) is 4.55. The van der Waals surface area contributed by atoms with Crippen molar-refractivity contribution in [2.45, 2.75) is 33.4 Å². The Morgan fingerprint density at radius 2 is 1.86 bits per heavy atom. The van der Waals surface area contributed by atoms with Crippen LogP contribution in [0.3, 0.4) is 0 Å². The third-order valence-electron chi connectivity index (χ3n) is 4.51. The van der Waals surface area contributed by atoms with Crippen molar-refractivity contribution in [2.75, 3.05) is 26.2 Å². The highest BCUT2D eigenvalue weighted by atomic mass is 16.5. The Bertz CT molecular complexity index is 617. The Morgan fingerprint density at radius 3 is 2.50 bits per heavy atom. The molecule has 1 unspecified atom stereocenters. The average Bonchev–Trinajstić information content (AvgIpc) is 2.96. The molecule has 1 atom stereocenters. The Morgan fingerprint density at radius 1 is 1.14 bits per heavy atom. The van der Waals surface area contributed by atoms with Gasteiger partial charge in [0.2, 0.25) is 5.89 Å². The molecule has 0 N–H and O–H groups in total. The van der Waals surface area contributed by atoms with Gasteiger partial charge in [-0.15, -0.1) is 0 Å². The first-order valence-electron chi connectivity index (χ1n) is 7.94. The molecule has 5 heteroatoms. The molecular formula is C17H24N4O. The summed E-state index contributed by atoms with van der Waals surface area (Å²) in [4.78, 5) is 9.29. The predicted octanol–water partition coefficient (Wildman–Crippen LogP) is 2.57. The van der Waals surface area contributed by atoms with Gasteiger partial charge < -0.3 is 4.52 Å². The summed E-state index contributed by atoms with van der Waals surface area (Å²) in [6.07, 6.45) is 0. The van der Waals surface area contributed by atoms with Crippen LogP contribution < -0.4 is 0 Å². The second kappa shape index (κ2) is 6.58.